The smallest absolute Gasteiger partial charge is 0.337 e. The Morgan fingerprint density at radius 3 is 2.86 bits per heavy atom. The highest BCUT2D eigenvalue weighted by atomic mass is 32.2. The van der Waals surface area contributed by atoms with Crippen molar-refractivity contribution in [3.8, 4) is 0 Å². The summed E-state index contributed by atoms with van der Waals surface area (Å²) in [7, 11) is 0. The van der Waals surface area contributed by atoms with Gasteiger partial charge >= 0.3 is 5.97 Å². The Morgan fingerprint density at radius 1 is 1.33 bits per heavy atom. The van der Waals surface area contributed by atoms with E-state index in [0.29, 0.717) is 5.25 Å². The van der Waals surface area contributed by atoms with Gasteiger partial charge in [0.15, 0.2) is 0 Å². The number of aromatic carboxylic acids is 1. The van der Waals surface area contributed by atoms with Gasteiger partial charge in [0.2, 0.25) is 0 Å². The Labute approximate surface area is 131 Å². The van der Waals surface area contributed by atoms with Crippen LogP contribution in [0, 0.1) is 0 Å². The monoisotopic (exact) mass is 320 g/mol. The van der Waals surface area contributed by atoms with Gasteiger partial charge < -0.3 is 10.4 Å². The van der Waals surface area contributed by atoms with Gasteiger partial charge in [-0.25, -0.2) is 9.78 Å². The van der Waals surface area contributed by atoms with E-state index in [1.54, 1.807) is 0 Å². The highest BCUT2D eigenvalue weighted by molar-refractivity contribution is 8.06. The lowest BCUT2D eigenvalue weighted by Crippen LogP contribution is -2.23. The molecule has 1 aromatic carbocycles. The van der Waals surface area contributed by atoms with Crippen LogP contribution in [0.25, 0.3) is 10.8 Å². The van der Waals surface area contributed by atoms with Crippen molar-refractivity contribution in [2.24, 2.45) is 0 Å². The second kappa shape index (κ2) is 6.58. The van der Waals surface area contributed by atoms with Gasteiger partial charge in [-0.2, -0.15) is 23.5 Å². The molecule has 0 amide bonds. The number of carboxylic acids is 1. The summed E-state index contributed by atoms with van der Waals surface area (Å²) in [6, 6.07) is 7.51. The number of thioether (sulfide) groups is 2. The summed E-state index contributed by atoms with van der Waals surface area (Å²) in [6.45, 7) is 0.862. The van der Waals surface area contributed by atoms with Crippen LogP contribution >= 0.6 is 23.5 Å². The van der Waals surface area contributed by atoms with E-state index in [-0.39, 0.29) is 5.56 Å². The molecule has 1 saturated heterocycles. The summed E-state index contributed by atoms with van der Waals surface area (Å²) < 4.78 is 0. The number of hydrogen-bond acceptors (Lipinski definition) is 5. The number of fused-ring (bicyclic) bond motifs is 1. The number of pyridine rings is 1. The van der Waals surface area contributed by atoms with E-state index in [2.05, 4.69) is 10.3 Å². The standard InChI is InChI=1S/C15H16N2O2S2/c18-15(19)13-8-17-14(12-4-2-1-3-11(12)13)16-7-10-9-20-5-6-21-10/h1-4,8,10H,5-7,9H2,(H,16,17)(H,18,19). The van der Waals surface area contributed by atoms with Crippen molar-refractivity contribution >= 4 is 46.1 Å². The fraction of sp³-hybridized carbons (Fsp3) is 0.333. The predicted octanol–water partition coefficient (Wildman–Crippen LogP) is 3.19. The molecule has 0 spiro atoms. The zero-order chi connectivity index (χ0) is 14.7. The molecular weight excluding hydrogens is 304 g/mol. The first-order valence-corrected chi connectivity index (χ1v) is 9.00. The largest absolute Gasteiger partial charge is 0.478 e. The molecular formula is C15H16N2O2S2. The van der Waals surface area contributed by atoms with Crippen LogP contribution in [0.1, 0.15) is 10.4 Å². The molecule has 21 heavy (non-hydrogen) atoms. The average Bonchev–Trinajstić information content (AvgIpc) is 2.53. The van der Waals surface area contributed by atoms with Crippen molar-refractivity contribution in [1.82, 2.24) is 4.98 Å². The Kier molecular flexibility index (Phi) is 4.55. The zero-order valence-corrected chi connectivity index (χ0v) is 13.0. The number of nitrogens with zero attached hydrogens (tertiary/aromatic N) is 1. The van der Waals surface area contributed by atoms with Crippen LogP contribution in [-0.2, 0) is 0 Å². The Morgan fingerprint density at radius 2 is 2.14 bits per heavy atom. The fourth-order valence-corrected chi connectivity index (χ4v) is 4.98. The van der Waals surface area contributed by atoms with E-state index >= 15 is 0 Å². The quantitative estimate of drug-likeness (QED) is 0.902. The summed E-state index contributed by atoms with van der Waals surface area (Å²) >= 11 is 3.98. The van der Waals surface area contributed by atoms with Crippen molar-refractivity contribution in [1.29, 1.82) is 0 Å². The Bertz CT molecular complexity index is 657. The van der Waals surface area contributed by atoms with Gasteiger partial charge in [0.25, 0.3) is 0 Å². The summed E-state index contributed by atoms with van der Waals surface area (Å²) in [4.78, 5) is 15.6. The molecule has 2 heterocycles. The van der Waals surface area contributed by atoms with E-state index in [4.69, 9.17) is 0 Å². The molecule has 1 atom stereocenters. The molecule has 110 valence electrons. The van der Waals surface area contributed by atoms with Gasteiger partial charge in [0, 0.05) is 46.0 Å². The summed E-state index contributed by atoms with van der Waals surface area (Å²) in [5, 5.41) is 14.8. The molecule has 1 aliphatic rings. The van der Waals surface area contributed by atoms with Crippen LogP contribution in [0.5, 0.6) is 0 Å². The van der Waals surface area contributed by atoms with E-state index in [1.807, 2.05) is 47.8 Å². The molecule has 2 aromatic rings. The second-order valence-electron chi connectivity index (χ2n) is 4.82. The van der Waals surface area contributed by atoms with Crippen molar-refractivity contribution in [2.45, 2.75) is 5.25 Å². The molecule has 1 aromatic heterocycles. The third kappa shape index (κ3) is 3.27. The van der Waals surface area contributed by atoms with Crippen LogP contribution in [0.3, 0.4) is 0 Å². The molecule has 0 saturated carbocycles. The van der Waals surface area contributed by atoms with E-state index in [9.17, 15) is 9.90 Å². The number of rotatable bonds is 4. The van der Waals surface area contributed by atoms with Gasteiger partial charge in [-0.1, -0.05) is 24.3 Å². The lowest BCUT2D eigenvalue weighted by Gasteiger charge is -2.21. The van der Waals surface area contributed by atoms with Crippen LogP contribution in [0.4, 0.5) is 5.82 Å². The Balaban J connectivity index is 1.85. The van der Waals surface area contributed by atoms with Gasteiger partial charge in [-0.15, -0.1) is 0 Å². The summed E-state index contributed by atoms with van der Waals surface area (Å²) in [6.07, 6.45) is 1.44. The van der Waals surface area contributed by atoms with Gasteiger partial charge in [-0.05, 0) is 0 Å². The van der Waals surface area contributed by atoms with Crippen LogP contribution < -0.4 is 5.32 Å². The maximum atomic E-state index is 11.3. The second-order valence-corrected chi connectivity index (χ2v) is 7.38. The SMILES string of the molecule is O=C(O)c1cnc(NCC2CSCCS2)c2ccccc12. The minimum absolute atomic E-state index is 0.249. The maximum Gasteiger partial charge on any atom is 0.337 e. The molecule has 1 aliphatic heterocycles. The number of anilines is 1. The van der Waals surface area contributed by atoms with Crippen LogP contribution in [0.15, 0.2) is 30.5 Å². The molecule has 0 radical (unpaired) electrons. The zero-order valence-electron chi connectivity index (χ0n) is 11.4. The molecule has 3 rings (SSSR count). The number of aromatic nitrogens is 1. The topological polar surface area (TPSA) is 62.2 Å². The summed E-state index contributed by atoms with van der Waals surface area (Å²) in [5.74, 6) is 3.41. The van der Waals surface area contributed by atoms with Crippen molar-refractivity contribution < 1.29 is 9.90 Å². The molecule has 4 nitrogen and oxygen atoms in total. The van der Waals surface area contributed by atoms with Crippen molar-refractivity contribution in [3.63, 3.8) is 0 Å². The van der Waals surface area contributed by atoms with Crippen molar-refractivity contribution in [3.05, 3.63) is 36.0 Å². The van der Waals surface area contributed by atoms with Crippen LogP contribution in [0.2, 0.25) is 0 Å². The molecule has 1 unspecified atom stereocenters. The minimum Gasteiger partial charge on any atom is -0.478 e. The van der Waals surface area contributed by atoms with E-state index in [1.165, 1.54) is 17.7 Å². The summed E-state index contributed by atoms with van der Waals surface area (Å²) in [5.41, 5.74) is 0.249. The van der Waals surface area contributed by atoms with Gasteiger partial charge in [0.05, 0.1) is 5.56 Å². The van der Waals surface area contributed by atoms with E-state index < -0.39 is 5.97 Å². The fourth-order valence-electron chi connectivity index (χ4n) is 2.37. The first kappa shape index (κ1) is 14.5. The highest BCUT2D eigenvalue weighted by Crippen LogP contribution is 2.27. The number of nitrogens with one attached hydrogen (secondary N) is 1. The first-order chi connectivity index (χ1) is 10.3. The normalized spacial score (nSPS) is 18.6. The lowest BCUT2D eigenvalue weighted by atomic mass is 10.1. The molecule has 2 N–H and O–H groups in total. The first-order valence-electron chi connectivity index (χ1n) is 6.80. The Hall–Kier alpha value is -1.40. The number of hydrogen-bond donors (Lipinski definition) is 2. The highest BCUT2D eigenvalue weighted by Gasteiger charge is 2.16. The third-order valence-electron chi connectivity index (χ3n) is 3.41. The average molecular weight is 320 g/mol. The maximum absolute atomic E-state index is 11.3. The van der Waals surface area contributed by atoms with Crippen molar-refractivity contribution in [2.75, 3.05) is 29.1 Å². The molecule has 0 aliphatic carbocycles. The molecule has 0 bridgehead atoms. The van der Waals surface area contributed by atoms with Gasteiger partial charge in [-0.3, -0.25) is 0 Å². The van der Waals surface area contributed by atoms with Crippen LogP contribution in [-0.4, -0.2) is 45.1 Å². The minimum atomic E-state index is -0.940. The lowest BCUT2D eigenvalue weighted by molar-refractivity contribution is 0.0698. The molecule has 6 heteroatoms. The number of carboxylic acid groups (broad SMARTS) is 1. The third-order valence-corrected chi connectivity index (χ3v) is 6.25. The number of benzene rings is 1. The van der Waals surface area contributed by atoms with E-state index in [0.717, 1.165) is 28.9 Å². The number of carbonyl (C=O) groups is 1. The molecule has 1 fully saturated rings. The predicted molar refractivity (Wildman–Crippen MR) is 90.8 cm³/mol. The van der Waals surface area contributed by atoms with Gasteiger partial charge in [0.1, 0.15) is 5.82 Å².